The van der Waals surface area contributed by atoms with Gasteiger partial charge in [-0.05, 0) is 75.9 Å². The lowest BCUT2D eigenvalue weighted by atomic mass is 9.99. The monoisotopic (exact) mass is 763 g/mol. The molecule has 0 bridgehead atoms. The molecule has 17 heteroatoms. The number of para-hydroxylation sites is 1. The van der Waals surface area contributed by atoms with Gasteiger partial charge < -0.3 is 61.7 Å². The topological polar surface area (TPSA) is 255 Å². The highest BCUT2D eigenvalue weighted by atomic mass is 16.8. The number of phenolic OH excluding ortho intramolecular Hbond substituents is 1. The minimum absolute atomic E-state index is 0.00105. The molecule has 3 saturated heterocycles. The van der Waals surface area contributed by atoms with E-state index in [9.17, 15) is 34.2 Å². The second kappa shape index (κ2) is 16.7. The number of rotatable bonds is 9. The third-order valence-corrected chi connectivity index (χ3v) is 10.00. The van der Waals surface area contributed by atoms with Gasteiger partial charge in [-0.2, -0.15) is 0 Å². The number of hydrogen-bond acceptors (Lipinski definition) is 11. The summed E-state index contributed by atoms with van der Waals surface area (Å²) in [5.41, 5.74) is 7.82. The predicted molar refractivity (Wildman–Crippen MR) is 197 cm³/mol. The molecule has 3 aliphatic rings. The van der Waals surface area contributed by atoms with Crippen LogP contribution in [0.4, 0.5) is 0 Å². The van der Waals surface area contributed by atoms with E-state index in [0.717, 1.165) is 10.9 Å². The lowest BCUT2D eigenvalue weighted by Crippen LogP contribution is -2.64. The first-order valence-corrected chi connectivity index (χ1v) is 18.5. The van der Waals surface area contributed by atoms with Crippen LogP contribution in [-0.4, -0.2) is 112 Å². The molecule has 4 heterocycles. The van der Waals surface area contributed by atoms with Gasteiger partial charge in [0.05, 0.1) is 12.1 Å². The summed E-state index contributed by atoms with van der Waals surface area (Å²) in [5.74, 6) is -4.96. The van der Waals surface area contributed by atoms with Crippen molar-refractivity contribution in [2.45, 2.75) is 113 Å². The van der Waals surface area contributed by atoms with Crippen LogP contribution in [0.5, 0.6) is 5.75 Å². The Morgan fingerprint density at radius 3 is 2.15 bits per heavy atom. The van der Waals surface area contributed by atoms with Gasteiger partial charge in [-0.15, -0.1) is 0 Å². The quantitative estimate of drug-likeness (QED) is 0.125. The number of aliphatic hydroxyl groups excluding tert-OH is 1. The molecule has 0 spiro atoms. The third-order valence-electron chi connectivity index (χ3n) is 10.00. The molecule has 10 N–H and O–H groups in total. The fraction of sp³-hybridized carbons (Fsp3) is 0.500. The van der Waals surface area contributed by atoms with Crippen molar-refractivity contribution >= 4 is 40.4 Å². The number of nitrogens with one attached hydrogen (secondary N) is 6. The molecule has 6 rings (SSSR count). The fourth-order valence-corrected chi connectivity index (χ4v) is 7.17. The van der Waals surface area contributed by atoms with Crippen LogP contribution in [0.3, 0.4) is 0 Å². The predicted octanol–water partition coefficient (Wildman–Crippen LogP) is -0.517. The number of ether oxygens (including phenoxy) is 3. The minimum Gasteiger partial charge on any atom is -0.508 e. The van der Waals surface area contributed by atoms with Gasteiger partial charge >= 0.3 is 0 Å². The van der Waals surface area contributed by atoms with Gasteiger partial charge in [0.25, 0.3) is 5.91 Å². The molecule has 296 valence electrons. The standard InChI is InChI=1S/C38H49N7O10/c1-19(46)28-35(51)45-29-30(53-37-31(29)54-38(2,3)55-37)36(52)43-26(16-20-11-13-22(47)14-12-20)33(49)42-27(17-21-18-40-24-9-5-4-8-23(21)24)34(50)41-25(32(48)44-28)10-6-7-15-39/h4-5,8-9,11-14,18-19,25-31,37,40,46-47H,6-7,10,15-17,39H2,1-3H3,(H,41,50)(H,42,49)(H,43,52)(H,44,48)(H,45,51)/t19?,25?,26?,27?,28?,29?,30-,31+,37?/m0/s1. The Morgan fingerprint density at radius 2 is 1.44 bits per heavy atom. The smallest absolute Gasteiger partial charge is 0.252 e. The number of aromatic nitrogens is 1. The maximum atomic E-state index is 14.3. The highest BCUT2D eigenvalue weighted by molar-refractivity contribution is 5.97. The zero-order valence-electron chi connectivity index (χ0n) is 30.9. The van der Waals surface area contributed by atoms with Crippen molar-refractivity contribution in [2.24, 2.45) is 5.73 Å². The summed E-state index contributed by atoms with van der Waals surface area (Å²) in [6.07, 6.45) is -2.14. The molecule has 1 aromatic heterocycles. The number of aromatic amines is 1. The molecule has 3 aliphatic heterocycles. The Balaban J connectivity index is 1.40. The summed E-state index contributed by atoms with van der Waals surface area (Å²) in [6, 6.07) is 7.07. The molecule has 0 aliphatic carbocycles. The molecule has 0 radical (unpaired) electrons. The van der Waals surface area contributed by atoms with Crippen LogP contribution in [0, 0.1) is 0 Å². The number of aliphatic hydroxyl groups is 1. The van der Waals surface area contributed by atoms with Crippen LogP contribution in [0.1, 0.15) is 51.2 Å². The van der Waals surface area contributed by atoms with Gasteiger partial charge in [0.2, 0.25) is 23.6 Å². The number of hydrogen-bond donors (Lipinski definition) is 9. The maximum Gasteiger partial charge on any atom is 0.252 e. The first-order chi connectivity index (χ1) is 26.2. The Hall–Kier alpha value is -5.07. The van der Waals surface area contributed by atoms with E-state index in [1.165, 1.54) is 19.1 Å². The Bertz CT molecular complexity index is 1880. The van der Waals surface area contributed by atoms with Crippen LogP contribution in [0.15, 0.2) is 54.7 Å². The van der Waals surface area contributed by atoms with Crippen molar-refractivity contribution in [2.75, 3.05) is 6.54 Å². The first-order valence-electron chi connectivity index (χ1n) is 18.5. The van der Waals surface area contributed by atoms with Crippen LogP contribution < -0.4 is 32.3 Å². The molecular formula is C38H49N7O10. The van der Waals surface area contributed by atoms with Crippen LogP contribution in [0.25, 0.3) is 10.9 Å². The molecular weight excluding hydrogens is 714 g/mol. The van der Waals surface area contributed by atoms with Crippen LogP contribution >= 0.6 is 0 Å². The van der Waals surface area contributed by atoms with Gasteiger partial charge in [0.15, 0.2) is 18.2 Å². The number of carbonyl (C=O) groups is 5. The summed E-state index contributed by atoms with van der Waals surface area (Å²) >= 11 is 0. The van der Waals surface area contributed by atoms with Crippen molar-refractivity contribution in [3.05, 3.63) is 65.9 Å². The van der Waals surface area contributed by atoms with Crippen molar-refractivity contribution in [1.29, 1.82) is 0 Å². The third kappa shape index (κ3) is 9.25. The number of H-pyrrole nitrogens is 1. The van der Waals surface area contributed by atoms with Crippen molar-refractivity contribution in [3.8, 4) is 5.75 Å². The SMILES string of the molecule is CC(O)C1NC(=O)C(CCCCN)NC(=O)C(Cc2c[nH]c3ccccc23)NC(=O)C(Cc2ccc(O)cc2)NC(=O)[C@H]2OC3OC(C)(C)O[C@@H]3C2NC1=O. The number of fused-ring (bicyclic) bond motifs is 4. The van der Waals surface area contributed by atoms with E-state index in [-0.39, 0.29) is 25.0 Å². The van der Waals surface area contributed by atoms with Gasteiger partial charge in [-0.25, -0.2) is 0 Å². The molecule has 17 nitrogen and oxygen atoms in total. The number of carbonyl (C=O) groups excluding carboxylic acids is 5. The molecule has 55 heavy (non-hydrogen) atoms. The van der Waals surface area contributed by atoms with E-state index in [0.29, 0.717) is 30.5 Å². The molecule has 7 unspecified atom stereocenters. The van der Waals surface area contributed by atoms with E-state index in [1.807, 2.05) is 24.3 Å². The normalized spacial score (nSPS) is 29.4. The minimum atomic E-state index is -1.52. The maximum absolute atomic E-state index is 14.3. The number of unbranched alkanes of at least 4 members (excludes halogenated alkanes) is 1. The summed E-state index contributed by atoms with van der Waals surface area (Å²) in [6.45, 7) is 4.94. The Morgan fingerprint density at radius 1 is 0.782 bits per heavy atom. The van der Waals surface area contributed by atoms with Crippen molar-refractivity contribution in [1.82, 2.24) is 31.6 Å². The van der Waals surface area contributed by atoms with Gasteiger partial charge in [0.1, 0.15) is 36.0 Å². The Labute approximate surface area is 317 Å². The molecule has 2 aromatic carbocycles. The van der Waals surface area contributed by atoms with Crippen LogP contribution in [-0.2, 0) is 51.0 Å². The van der Waals surface area contributed by atoms with E-state index in [1.54, 1.807) is 32.2 Å². The summed E-state index contributed by atoms with van der Waals surface area (Å²) < 4.78 is 17.9. The molecule has 0 saturated carbocycles. The average Bonchev–Trinajstić information content (AvgIpc) is 3.79. The average molecular weight is 764 g/mol. The van der Waals surface area contributed by atoms with Crippen LogP contribution in [0.2, 0.25) is 0 Å². The Kier molecular flexibility index (Phi) is 12.1. The first kappa shape index (κ1) is 39.6. The number of aromatic hydroxyl groups is 1. The van der Waals surface area contributed by atoms with E-state index in [2.05, 4.69) is 31.6 Å². The highest BCUT2D eigenvalue weighted by Crippen LogP contribution is 2.37. The lowest BCUT2D eigenvalue weighted by Gasteiger charge is -2.31. The number of nitrogens with two attached hydrogens (primary N) is 1. The fourth-order valence-electron chi connectivity index (χ4n) is 7.17. The van der Waals surface area contributed by atoms with Gasteiger partial charge in [0, 0.05) is 29.9 Å². The second-order valence-corrected chi connectivity index (χ2v) is 14.7. The second-order valence-electron chi connectivity index (χ2n) is 14.7. The van der Waals surface area contributed by atoms with Gasteiger partial charge in [-0.3, -0.25) is 24.0 Å². The lowest BCUT2D eigenvalue weighted by molar-refractivity contribution is -0.208. The van der Waals surface area contributed by atoms with E-state index < -0.39 is 90.1 Å². The molecule has 5 amide bonds. The van der Waals surface area contributed by atoms with E-state index >= 15 is 0 Å². The van der Waals surface area contributed by atoms with E-state index in [4.69, 9.17) is 19.9 Å². The van der Waals surface area contributed by atoms with Crippen molar-refractivity contribution < 1.29 is 48.4 Å². The summed E-state index contributed by atoms with van der Waals surface area (Å²) in [4.78, 5) is 73.7. The van der Waals surface area contributed by atoms with Crippen molar-refractivity contribution in [3.63, 3.8) is 0 Å². The number of benzene rings is 2. The largest absolute Gasteiger partial charge is 0.508 e. The summed E-state index contributed by atoms with van der Waals surface area (Å²) in [5, 5.41) is 35.1. The zero-order chi connectivity index (χ0) is 39.4. The molecule has 9 atom stereocenters. The summed E-state index contributed by atoms with van der Waals surface area (Å²) in [7, 11) is 0. The number of amides is 5. The van der Waals surface area contributed by atoms with Gasteiger partial charge in [-0.1, -0.05) is 30.3 Å². The molecule has 3 fully saturated rings. The zero-order valence-corrected chi connectivity index (χ0v) is 30.9. The highest BCUT2D eigenvalue weighted by Gasteiger charge is 2.58. The molecule has 3 aromatic rings. The number of phenols is 1.